The summed E-state index contributed by atoms with van der Waals surface area (Å²) in [7, 11) is 0. The summed E-state index contributed by atoms with van der Waals surface area (Å²) in [5.74, 6) is 0. The van der Waals surface area contributed by atoms with Gasteiger partial charge in [-0.25, -0.2) is 0 Å². The Morgan fingerprint density at radius 2 is 1.36 bits per heavy atom. The van der Waals surface area contributed by atoms with Crippen LogP contribution in [0.25, 0.3) is 27.1 Å². The van der Waals surface area contributed by atoms with E-state index in [4.69, 9.17) is 0 Å². The summed E-state index contributed by atoms with van der Waals surface area (Å²) >= 11 is 0. The highest BCUT2D eigenvalue weighted by Gasteiger charge is 2.20. The standard InChI is InChI=1S/C18H16.C8H6N2/c1-3-7-15-13(5-1)9-11-18-16-8-4-2-6-14(16)10-12-17(15)18;1-2-4-8-6-10-9-5-7(8)3-1/h1,3-5,7-9,11H,2,6,10,12H2;1-6H. The van der Waals surface area contributed by atoms with Gasteiger partial charge in [-0.3, -0.25) is 0 Å². The number of hydrogen-bond acceptors (Lipinski definition) is 2. The van der Waals surface area contributed by atoms with Gasteiger partial charge in [0.15, 0.2) is 0 Å². The third-order valence-corrected chi connectivity index (χ3v) is 5.74. The topological polar surface area (TPSA) is 25.8 Å². The van der Waals surface area contributed by atoms with Crippen LogP contribution in [-0.4, -0.2) is 10.2 Å². The average molecular weight is 362 g/mol. The fraction of sp³-hybridized carbons (Fsp3) is 0.154. The van der Waals surface area contributed by atoms with Crippen LogP contribution >= 0.6 is 0 Å². The predicted octanol–water partition coefficient (Wildman–Crippen LogP) is 6.52. The summed E-state index contributed by atoms with van der Waals surface area (Å²) in [6.07, 6.45) is 13.1. The molecule has 2 heteroatoms. The van der Waals surface area contributed by atoms with Gasteiger partial charge in [-0.2, -0.15) is 10.2 Å². The predicted molar refractivity (Wildman–Crippen MR) is 117 cm³/mol. The van der Waals surface area contributed by atoms with Crippen LogP contribution in [0.1, 0.15) is 30.4 Å². The fourth-order valence-corrected chi connectivity index (χ4v) is 4.32. The molecule has 0 amide bonds. The minimum Gasteiger partial charge on any atom is -0.158 e. The van der Waals surface area contributed by atoms with E-state index < -0.39 is 0 Å². The smallest absolute Gasteiger partial charge is 0.0574 e. The third-order valence-electron chi connectivity index (χ3n) is 5.74. The molecule has 0 unspecified atom stereocenters. The first-order valence-electron chi connectivity index (χ1n) is 9.95. The van der Waals surface area contributed by atoms with Crippen molar-refractivity contribution in [2.45, 2.75) is 25.7 Å². The van der Waals surface area contributed by atoms with Gasteiger partial charge in [0.2, 0.25) is 0 Å². The molecule has 6 rings (SSSR count). The van der Waals surface area contributed by atoms with E-state index in [2.05, 4.69) is 58.7 Å². The van der Waals surface area contributed by atoms with Crippen LogP contribution in [0.5, 0.6) is 0 Å². The lowest BCUT2D eigenvalue weighted by Crippen LogP contribution is -2.06. The highest BCUT2D eigenvalue weighted by Crippen LogP contribution is 2.39. The normalized spacial score (nSPS) is 15.0. The van der Waals surface area contributed by atoms with Crippen LogP contribution in [0.4, 0.5) is 0 Å². The Hall–Kier alpha value is -3.26. The number of aryl methyl sites for hydroxylation is 1. The highest BCUT2D eigenvalue weighted by atomic mass is 15.1. The Labute approximate surface area is 165 Å². The molecule has 0 saturated heterocycles. The molecular weight excluding hydrogens is 340 g/mol. The summed E-state index contributed by atoms with van der Waals surface area (Å²) in [5.41, 5.74) is 6.21. The SMILES string of the molecule is C1=CC2=C(CC1)CCc1c2ccc2ccccc12.c1ccc2cnncc2c1. The molecule has 0 radical (unpaired) electrons. The molecule has 2 aliphatic carbocycles. The first-order chi connectivity index (χ1) is 13.9. The van der Waals surface area contributed by atoms with Crippen LogP contribution in [0, 0.1) is 0 Å². The Bertz CT molecular complexity index is 1150. The number of benzene rings is 3. The van der Waals surface area contributed by atoms with Crippen LogP contribution in [0.15, 0.2) is 90.8 Å². The Balaban J connectivity index is 0.000000145. The Kier molecular flexibility index (Phi) is 4.46. The van der Waals surface area contributed by atoms with Crippen molar-refractivity contribution in [2.24, 2.45) is 0 Å². The second-order valence-electron chi connectivity index (χ2n) is 7.39. The molecule has 0 N–H and O–H groups in total. The van der Waals surface area contributed by atoms with Gasteiger partial charge in [-0.15, -0.1) is 0 Å². The Morgan fingerprint density at radius 3 is 2.14 bits per heavy atom. The van der Waals surface area contributed by atoms with Gasteiger partial charge in [0.25, 0.3) is 0 Å². The molecule has 28 heavy (non-hydrogen) atoms. The van der Waals surface area contributed by atoms with E-state index >= 15 is 0 Å². The molecule has 2 aliphatic rings. The van der Waals surface area contributed by atoms with Crippen LogP contribution in [-0.2, 0) is 6.42 Å². The maximum atomic E-state index is 3.76. The molecule has 3 aromatic carbocycles. The van der Waals surface area contributed by atoms with Gasteiger partial charge in [-0.05, 0) is 53.2 Å². The second kappa shape index (κ2) is 7.40. The molecule has 0 atom stereocenters. The van der Waals surface area contributed by atoms with E-state index in [1.807, 2.05) is 24.3 Å². The van der Waals surface area contributed by atoms with Crippen molar-refractivity contribution in [1.82, 2.24) is 10.2 Å². The maximum Gasteiger partial charge on any atom is 0.0574 e. The number of nitrogens with zero attached hydrogens (tertiary/aromatic N) is 2. The van der Waals surface area contributed by atoms with Crippen molar-refractivity contribution < 1.29 is 0 Å². The van der Waals surface area contributed by atoms with E-state index in [0.29, 0.717) is 0 Å². The lowest BCUT2D eigenvalue weighted by Gasteiger charge is -2.25. The summed E-state index contributed by atoms with van der Waals surface area (Å²) in [6, 6.07) is 21.4. The van der Waals surface area contributed by atoms with Crippen LogP contribution in [0.3, 0.4) is 0 Å². The van der Waals surface area contributed by atoms with Crippen molar-refractivity contribution in [3.8, 4) is 0 Å². The van der Waals surface area contributed by atoms with E-state index in [1.165, 1.54) is 47.6 Å². The molecular formula is C26H22N2. The quantitative estimate of drug-likeness (QED) is 0.356. The highest BCUT2D eigenvalue weighted by molar-refractivity contribution is 5.93. The molecule has 0 spiro atoms. The van der Waals surface area contributed by atoms with E-state index in [-0.39, 0.29) is 0 Å². The molecule has 2 nitrogen and oxygen atoms in total. The fourth-order valence-electron chi connectivity index (χ4n) is 4.32. The van der Waals surface area contributed by atoms with E-state index in [0.717, 1.165) is 10.8 Å². The number of aromatic nitrogens is 2. The second-order valence-corrected chi connectivity index (χ2v) is 7.39. The van der Waals surface area contributed by atoms with Crippen molar-refractivity contribution >= 4 is 27.1 Å². The Morgan fingerprint density at radius 1 is 0.643 bits per heavy atom. The number of fused-ring (bicyclic) bond motifs is 5. The van der Waals surface area contributed by atoms with Crippen LogP contribution < -0.4 is 0 Å². The minimum atomic E-state index is 1.14. The molecule has 136 valence electrons. The average Bonchev–Trinajstić information content (AvgIpc) is 2.79. The zero-order valence-electron chi connectivity index (χ0n) is 15.8. The van der Waals surface area contributed by atoms with E-state index in [1.54, 1.807) is 23.5 Å². The molecule has 0 aliphatic heterocycles. The summed E-state index contributed by atoms with van der Waals surface area (Å²) in [6.45, 7) is 0. The van der Waals surface area contributed by atoms with Gasteiger partial charge < -0.3 is 0 Å². The summed E-state index contributed by atoms with van der Waals surface area (Å²) in [5, 5.41) is 12.6. The van der Waals surface area contributed by atoms with Gasteiger partial charge in [-0.1, -0.05) is 78.4 Å². The zero-order chi connectivity index (χ0) is 18.8. The van der Waals surface area contributed by atoms with Crippen molar-refractivity contribution in [2.75, 3.05) is 0 Å². The van der Waals surface area contributed by atoms with Crippen molar-refractivity contribution in [1.29, 1.82) is 0 Å². The molecule has 1 aromatic heterocycles. The minimum absolute atomic E-state index is 1.14. The number of hydrogen-bond donors (Lipinski definition) is 0. The number of allylic oxidation sites excluding steroid dienone is 4. The molecule has 0 bridgehead atoms. The van der Waals surface area contributed by atoms with E-state index in [9.17, 15) is 0 Å². The molecule has 1 heterocycles. The lowest BCUT2D eigenvalue weighted by atomic mass is 9.80. The van der Waals surface area contributed by atoms with Gasteiger partial charge in [0, 0.05) is 10.8 Å². The molecule has 0 saturated carbocycles. The van der Waals surface area contributed by atoms with Gasteiger partial charge in [0.05, 0.1) is 12.4 Å². The van der Waals surface area contributed by atoms with Crippen LogP contribution in [0.2, 0.25) is 0 Å². The largest absolute Gasteiger partial charge is 0.158 e. The number of rotatable bonds is 0. The monoisotopic (exact) mass is 362 g/mol. The van der Waals surface area contributed by atoms with Crippen molar-refractivity contribution in [3.05, 3.63) is 102 Å². The first-order valence-corrected chi connectivity index (χ1v) is 9.95. The van der Waals surface area contributed by atoms with Crippen molar-refractivity contribution in [3.63, 3.8) is 0 Å². The summed E-state index contributed by atoms with van der Waals surface area (Å²) in [4.78, 5) is 0. The zero-order valence-corrected chi connectivity index (χ0v) is 15.8. The third kappa shape index (κ3) is 3.11. The molecule has 0 fully saturated rings. The molecule has 4 aromatic rings. The summed E-state index contributed by atoms with van der Waals surface area (Å²) < 4.78 is 0. The van der Waals surface area contributed by atoms with Gasteiger partial charge >= 0.3 is 0 Å². The first kappa shape index (κ1) is 16.9. The lowest BCUT2D eigenvalue weighted by molar-refractivity contribution is 0.831. The maximum absolute atomic E-state index is 3.76. The van der Waals surface area contributed by atoms with Gasteiger partial charge in [0.1, 0.15) is 0 Å².